The normalized spacial score (nSPS) is 11.9. The fraction of sp³-hybridized carbons (Fsp3) is 0.350. The number of benzene rings is 2. The summed E-state index contributed by atoms with van der Waals surface area (Å²) in [6.45, 7) is 9.53. The van der Waals surface area contributed by atoms with Gasteiger partial charge in [-0.3, -0.25) is 9.52 Å². The van der Waals surface area contributed by atoms with E-state index in [1.165, 1.54) is 0 Å². The third-order valence-electron chi connectivity index (χ3n) is 4.37. The van der Waals surface area contributed by atoms with E-state index in [9.17, 15) is 13.2 Å². The van der Waals surface area contributed by atoms with Crippen LogP contribution in [0.1, 0.15) is 48.7 Å². The van der Waals surface area contributed by atoms with Crippen molar-refractivity contribution in [1.29, 1.82) is 0 Å². The quantitative estimate of drug-likeness (QED) is 0.802. The largest absolute Gasteiger partial charge is 0.347 e. The zero-order valence-corrected chi connectivity index (χ0v) is 16.7. The van der Waals surface area contributed by atoms with E-state index in [2.05, 4.69) is 10.0 Å². The molecule has 0 heterocycles. The van der Waals surface area contributed by atoms with Crippen LogP contribution < -0.4 is 10.0 Å². The van der Waals surface area contributed by atoms with Gasteiger partial charge in [0.2, 0.25) is 0 Å². The molecule has 2 aromatic rings. The molecule has 0 radical (unpaired) electrons. The summed E-state index contributed by atoms with van der Waals surface area (Å²) >= 11 is 0. The van der Waals surface area contributed by atoms with Gasteiger partial charge in [-0.15, -0.1) is 0 Å². The van der Waals surface area contributed by atoms with E-state index in [1.54, 1.807) is 43.3 Å². The van der Waals surface area contributed by atoms with Gasteiger partial charge >= 0.3 is 0 Å². The number of carbonyl (C=O) groups excluding carboxylic acids is 1. The molecule has 0 saturated carbocycles. The molecule has 2 rings (SSSR count). The van der Waals surface area contributed by atoms with E-state index in [0.29, 0.717) is 16.8 Å². The van der Waals surface area contributed by atoms with Crippen LogP contribution in [0.2, 0.25) is 0 Å². The Kier molecular flexibility index (Phi) is 5.76. The molecule has 5 nitrogen and oxygen atoms in total. The molecule has 0 aliphatic heterocycles. The van der Waals surface area contributed by atoms with Crippen molar-refractivity contribution < 1.29 is 13.2 Å². The van der Waals surface area contributed by atoms with Crippen molar-refractivity contribution in [3.8, 4) is 0 Å². The first-order valence-corrected chi connectivity index (χ1v) is 10.0. The molecule has 2 aromatic carbocycles. The molecule has 0 saturated heterocycles. The maximum Gasteiger partial charge on any atom is 0.262 e. The van der Waals surface area contributed by atoms with Crippen LogP contribution in [-0.4, -0.2) is 19.9 Å². The van der Waals surface area contributed by atoms with Crippen molar-refractivity contribution in [2.45, 2.75) is 51.5 Å². The van der Waals surface area contributed by atoms with Gasteiger partial charge < -0.3 is 5.32 Å². The fourth-order valence-electron chi connectivity index (χ4n) is 2.36. The van der Waals surface area contributed by atoms with E-state index >= 15 is 0 Å². The van der Waals surface area contributed by atoms with Crippen molar-refractivity contribution in [2.75, 3.05) is 4.72 Å². The topological polar surface area (TPSA) is 75.3 Å². The Morgan fingerprint density at radius 3 is 2.23 bits per heavy atom. The summed E-state index contributed by atoms with van der Waals surface area (Å²) in [4.78, 5) is 12.5. The fourth-order valence-corrected chi connectivity index (χ4v) is 3.75. The van der Waals surface area contributed by atoms with Crippen LogP contribution in [0.25, 0.3) is 0 Å². The molecular formula is C20H26N2O3S. The molecule has 6 heteroatoms. The SMILES string of the molecule is CCC(C)(C)NC(=O)c1ccc(NS(=O)(=O)c2cc(C)ccc2C)cc1. The Bertz CT molecular complexity index is 901. The first-order chi connectivity index (χ1) is 12.0. The summed E-state index contributed by atoms with van der Waals surface area (Å²) in [7, 11) is -3.68. The van der Waals surface area contributed by atoms with Gasteiger partial charge in [-0.05, 0) is 75.6 Å². The van der Waals surface area contributed by atoms with Crippen LogP contribution in [0, 0.1) is 13.8 Å². The highest BCUT2D eigenvalue weighted by Crippen LogP contribution is 2.21. The molecule has 0 atom stereocenters. The smallest absolute Gasteiger partial charge is 0.262 e. The van der Waals surface area contributed by atoms with Crippen molar-refractivity contribution in [2.24, 2.45) is 0 Å². The van der Waals surface area contributed by atoms with Gasteiger partial charge in [-0.1, -0.05) is 19.1 Å². The van der Waals surface area contributed by atoms with Gasteiger partial charge in [-0.2, -0.15) is 0 Å². The summed E-state index contributed by atoms with van der Waals surface area (Å²) in [6, 6.07) is 11.7. The second kappa shape index (κ2) is 7.50. The number of amides is 1. The van der Waals surface area contributed by atoms with E-state index < -0.39 is 10.0 Å². The Morgan fingerprint density at radius 1 is 1.04 bits per heavy atom. The van der Waals surface area contributed by atoms with Crippen molar-refractivity contribution in [3.63, 3.8) is 0 Å². The molecular weight excluding hydrogens is 348 g/mol. The predicted octanol–water partition coefficient (Wildman–Crippen LogP) is 4.02. The number of hydrogen-bond acceptors (Lipinski definition) is 3. The molecule has 0 bridgehead atoms. The lowest BCUT2D eigenvalue weighted by Gasteiger charge is -2.24. The van der Waals surface area contributed by atoms with Gasteiger partial charge in [0.15, 0.2) is 0 Å². The van der Waals surface area contributed by atoms with Gasteiger partial charge in [0, 0.05) is 16.8 Å². The second-order valence-corrected chi connectivity index (χ2v) is 8.79. The van der Waals surface area contributed by atoms with Crippen LogP contribution in [-0.2, 0) is 10.0 Å². The molecule has 2 N–H and O–H groups in total. The monoisotopic (exact) mass is 374 g/mol. The first-order valence-electron chi connectivity index (χ1n) is 8.57. The van der Waals surface area contributed by atoms with E-state index in [-0.39, 0.29) is 16.3 Å². The lowest BCUT2D eigenvalue weighted by molar-refractivity contribution is 0.0911. The number of hydrogen-bond donors (Lipinski definition) is 2. The van der Waals surface area contributed by atoms with Gasteiger partial charge in [-0.25, -0.2) is 8.42 Å². The number of aryl methyl sites for hydroxylation is 2. The summed E-state index contributed by atoms with van der Waals surface area (Å²) < 4.78 is 27.8. The first kappa shape index (κ1) is 20.0. The number of carbonyl (C=O) groups is 1. The molecule has 0 aliphatic carbocycles. The van der Waals surface area contributed by atoms with Crippen LogP contribution in [0.15, 0.2) is 47.4 Å². The third-order valence-corrected chi connectivity index (χ3v) is 5.89. The Hall–Kier alpha value is -2.34. The Morgan fingerprint density at radius 2 is 1.65 bits per heavy atom. The summed E-state index contributed by atoms with van der Waals surface area (Å²) in [5.41, 5.74) is 2.17. The number of nitrogens with one attached hydrogen (secondary N) is 2. The maximum atomic E-state index is 12.6. The predicted molar refractivity (Wildman–Crippen MR) is 105 cm³/mol. The molecule has 1 amide bonds. The number of anilines is 1. The minimum absolute atomic E-state index is 0.180. The van der Waals surface area contributed by atoms with Crippen LogP contribution in [0.3, 0.4) is 0 Å². The molecule has 0 fully saturated rings. The van der Waals surface area contributed by atoms with Crippen molar-refractivity contribution in [1.82, 2.24) is 5.32 Å². The molecule has 0 spiro atoms. The summed E-state index contributed by atoms with van der Waals surface area (Å²) in [5.74, 6) is -0.180. The van der Waals surface area contributed by atoms with Crippen LogP contribution in [0.5, 0.6) is 0 Å². The molecule has 0 unspecified atom stereocenters. The zero-order chi connectivity index (χ0) is 19.5. The molecule has 0 aliphatic rings. The highest BCUT2D eigenvalue weighted by atomic mass is 32.2. The third kappa shape index (κ3) is 4.85. The van der Waals surface area contributed by atoms with Gasteiger partial charge in [0.05, 0.1) is 4.90 Å². The van der Waals surface area contributed by atoms with Crippen LogP contribution >= 0.6 is 0 Å². The lowest BCUT2D eigenvalue weighted by atomic mass is 10.0. The van der Waals surface area contributed by atoms with Crippen molar-refractivity contribution >= 4 is 21.6 Å². The number of sulfonamides is 1. The second-order valence-electron chi connectivity index (χ2n) is 7.14. The highest BCUT2D eigenvalue weighted by Gasteiger charge is 2.20. The maximum absolute atomic E-state index is 12.6. The van der Waals surface area contributed by atoms with E-state index in [0.717, 1.165) is 12.0 Å². The Labute approximate surface area is 155 Å². The molecule has 0 aromatic heterocycles. The average Bonchev–Trinajstić information content (AvgIpc) is 2.57. The lowest BCUT2D eigenvalue weighted by Crippen LogP contribution is -2.42. The number of rotatable bonds is 6. The van der Waals surface area contributed by atoms with E-state index in [1.807, 2.05) is 33.8 Å². The summed E-state index contributed by atoms with van der Waals surface area (Å²) in [5, 5.41) is 2.95. The average molecular weight is 375 g/mol. The van der Waals surface area contributed by atoms with Gasteiger partial charge in [0.1, 0.15) is 0 Å². The highest BCUT2D eigenvalue weighted by molar-refractivity contribution is 7.92. The van der Waals surface area contributed by atoms with E-state index in [4.69, 9.17) is 0 Å². The molecule has 26 heavy (non-hydrogen) atoms. The van der Waals surface area contributed by atoms with Gasteiger partial charge in [0.25, 0.3) is 15.9 Å². The minimum atomic E-state index is -3.68. The minimum Gasteiger partial charge on any atom is -0.347 e. The van der Waals surface area contributed by atoms with Crippen LogP contribution in [0.4, 0.5) is 5.69 Å². The zero-order valence-electron chi connectivity index (χ0n) is 15.9. The summed E-state index contributed by atoms with van der Waals surface area (Å²) in [6.07, 6.45) is 0.812. The Balaban J connectivity index is 2.19. The standard InChI is InChI=1S/C20H26N2O3S/c1-6-20(4,5)21-19(23)16-9-11-17(12-10-16)22-26(24,25)18-13-14(2)7-8-15(18)3/h7-13,22H,6H2,1-5H3,(H,21,23). The molecule has 140 valence electrons. The van der Waals surface area contributed by atoms with Crippen molar-refractivity contribution in [3.05, 3.63) is 59.2 Å².